The quantitative estimate of drug-likeness (QED) is 0.711. The lowest BCUT2D eigenvalue weighted by Gasteiger charge is -2.28. The first-order valence-electron chi connectivity index (χ1n) is 11.4. The standard InChI is InChI=1S/C24H33ClN4O2/c1-17(2)16-29-22-8-7-20(26-10-9-18-3-5-19(25)6-4-18)15-21(22)23(27-29)24(30)28-11-13-31-14-12-28/h3-6,17,20,26H,7-16H2,1-2H3/t20-/m1/s1. The third-order valence-corrected chi connectivity index (χ3v) is 6.40. The number of hydrogen-bond donors (Lipinski definition) is 1. The van der Waals surface area contributed by atoms with Crippen LogP contribution in [0.1, 0.15) is 47.6 Å². The van der Waals surface area contributed by atoms with E-state index < -0.39 is 0 Å². The average molecular weight is 445 g/mol. The molecule has 0 bridgehead atoms. The van der Waals surface area contributed by atoms with E-state index in [0.717, 1.165) is 49.4 Å². The molecule has 1 N–H and O–H groups in total. The van der Waals surface area contributed by atoms with Crippen LogP contribution in [0.2, 0.25) is 5.02 Å². The van der Waals surface area contributed by atoms with Crippen LogP contribution in [0.4, 0.5) is 0 Å². The van der Waals surface area contributed by atoms with Crippen molar-refractivity contribution in [1.82, 2.24) is 20.0 Å². The van der Waals surface area contributed by atoms with Gasteiger partial charge in [0, 0.05) is 42.0 Å². The van der Waals surface area contributed by atoms with Crippen LogP contribution in [-0.2, 0) is 30.5 Å². The maximum absolute atomic E-state index is 13.3. The summed E-state index contributed by atoms with van der Waals surface area (Å²) in [6.07, 6.45) is 3.86. The van der Waals surface area contributed by atoms with Gasteiger partial charge < -0.3 is 15.0 Å². The molecule has 2 aromatic rings. The van der Waals surface area contributed by atoms with Gasteiger partial charge in [0.1, 0.15) is 0 Å². The van der Waals surface area contributed by atoms with E-state index in [1.807, 2.05) is 17.0 Å². The second-order valence-corrected chi connectivity index (χ2v) is 9.46. The smallest absolute Gasteiger partial charge is 0.274 e. The van der Waals surface area contributed by atoms with E-state index in [2.05, 4.69) is 36.0 Å². The van der Waals surface area contributed by atoms with Gasteiger partial charge >= 0.3 is 0 Å². The number of nitrogens with zero attached hydrogens (tertiary/aromatic N) is 3. The van der Waals surface area contributed by atoms with Crippen molar-refractivity contribution in [2.24, 2.45) is 5.92 Å². The zero-order chi connectivity index (χ0) is 21.8. The van der Waals surface area contributed by atoms with Crippen molar-refractivity contribution in [2.75, 3.05) is 32.8 Å². The van der Waals surface area contributed by atoms with Crippen molar-refractivity contribution in [3.8, 4) is 0 Å². The molecule has 1 saturated heterocycles. The maximum Gasteiger partial charge on any atom is 0.274 e. The fraction of sp³-hybridized carbons (Fsp3) is 0.583. The number of fused-ring (bicyclic) bond motifs is 1. The molecule has 2 heterocycles. The summed E-state index contributed by atoms with van der Waals surface area (Å²) < 4.78 is 7.52. The number of carbonyl (C=O) groups is 1. The Balaban J connectivity index is 1.46. The van der Waals surface area contributed by atoms with Gasteiger partial charge in [0.15, 0.2) is 5.69 Å². The van der Waals surface area contributed by atoms with E-state index in [9.17, 15) is 4.79 Å². The first-order valence-corrected chi connectivity index (χ1v) is 11.8. The number of halogens is 1. The lowest BCUT2D eigenvalue weighted by molar-refractivity contribution is 0.0297. The first-order chi connectivity index (χ1) is 15.0. The van der Waals surface area contributed by atoms with Crippen molar-refractivity contribution in [3.05, 3.63) is 51.8 Å². The highest BCUT2D eigenvalue weighted by Crippen LogP contribution is 2.27. The van der Waals surface area contributed by atoms with Crippen LogP contribution in [-0.4, -0.2) is 59.5 Å². The molecule has 1 aromatic carbocycles. The number of hydrogen-bond acceptors (Lipinski definition) is 4. The predicted molar refractivity (Wildman–Crippen MR) is 123 cm³/mol. The minimum Gasteiger partial charge on any atom is -0.378 e. The molecule has 1 atom stereocenters. The number of nitrogens with one attached hydrogen (secondary N) is 1. The van der Waals surface area contributed by atoms with Crippen molar-refractivity contribution in [1.29, 1.82) is 0 Å². The van der Waals surface area contributed by atoms with Gasteiger partial charge in [-0.2, -0.15) is 5.10 Å². The van der Waals surface area contributed by atoms with E-state index in [1.54, 1.807) is 0 Å². The molecule has 1 aliphatic carbocycles. The van der Waals surface area contributed by atoms with Gasteiger partial charge in [0.25, 0.3) is 5.91 Å². The molecule has 4 rings (SSSR count). The lowest BCUT2D eigenvalue weighted by Crippen LogP contribution is -2.42. The van der Waals surface area contributed by atoms with Gasteiger partial charge in [0.2, 0.25) is 0 Å². The average Bonchev–Trinajstić information content (AvgIpc) is 3.12. The zero-order valence-corrected chi connectivity index (χ0v) is 19.3. The minimum absolute atomic E-state index is 0.0591. The van der Waals surface area contributed by atoms with E-state index in [0.29, 0.717) is 44.0 Å². The first kappa shape index (κ1) is 22.3. The fourth-order valence-electron chi connectivity index (χ4n) is 4.52. The van der Waals surface area contributed by atoms with Gasteiger partial charge in [-0.05, 0) is 55.8 Å². The number of rotatable bonds is 7. The second-order valence-electron chi connectivity index (χ2n) is 9.02. The summed E-state index contributed by atoms with van der Waals surface area (Å²) >= 11 is 5.98. The zero-order valence-electron chi connectivity index (χ0n) is 18.6. The molecule has 0 unspecified atom stereocenters. The van der Waals surface area contributed by atoms with Gasteiger partial charge in [0.05, 0.1) is 13.2 Å². The normalized spacial score (nSPS) is 19.0. The highest BCUT2D eigenvalue weighted by Gasteiger charge is 2.31. The van der Waals surface area contributed by atoms with Gasteiger partial charge in [-0.25, -0.2) is 0 Å². The third kappa shape index (κ3) is 5.48. The Hall–Kier alpha value is -1.89. The number of aromatic nitrogens is 2. The lowest BCUT2D eigenvalue weighted by atomic mass is 9.90. The second kappa shape index (κ2) is 10.2. The summed E-state index contributed by atoms with van der Waals surface area (Å²) in [7, 11) is 0. The SMILES string of the molecule is CC(C)Cn1nc(C(=O)N2CCOCC2)c2c1CC[C@@H](NCCc1ccc(Cl)cc1)C2. The molecular weight excluding hydrogens is 412 g/mol. The molecule has 2 aliphatic rings. The molecule has 0 radical (unpaired) electrons. The Labute approximate surface area is 189 Å². The molecule has 168 valence electrons. The van der Waals surface area contributed by atoms with Crippen LogP contribution in [0, 0.1) is 5.92 Å². The van der Waals surface area contributed by atoms with Gasteiger partial charge in [-0.15, -0.1) is 0 Å². The topological polar surface area (TPSA) is 59.4 Å². The van der Waals surface area contributed by atoms with Crippen molar-refractivity contribution >= 4 is 17.5 Å². The number of benzene rings is 1. The monoisotopic (exact) mass is 444 g/mol. The van der Waals surface area contributed by atoms with E-state index in [1.165, 1.54) is 11.3 Å². The summed E-state index contributed by atoms with van der Waals surface area (Å²) in [5.41, 5.74) is 4.33. The highest BCUT2D eigenvalue weighted by atomic mass is 35.5. The Morgan fingerprint density at radius 1 is 1.26 bits per heavy atom. The largest absolute Gasteiger partial charge is 0.378 e. The summed E-state index contributed by atoms with van der Waals surface area (Å²) in [5.74, 6) is 0.550. The Morgan fingerprint density at radius 2 is 2.00 bits per heavy atom. The summed E-state index contributed by atoms with van der Waals surface area (Å²) in [6, 6.07) is 8.41. The maximum atomic E-state index is 13.3. The van der Waals surface area contributed by atoms with Crippen LogP contribution in [0.5, 0.6) is 0 Å². The van der Waals surface area contributed by atoms with E-state index in [4.69, 9.17) is 21.4 Å². The fourth-order valence-corrected chi connectivity index (χ4v) is 4.64. The molecule has 1 aromatic heterocycles. The molecule has 1 amide bonds. The van der Waals surface area contributed by atoms with Crippen LogP contribution in [0.15, 0.2) is 24.3 Å². The van der Waals surface area contributed by atoms with Crippen molar-refractivity contribution in [2.45, 2.75) is 52.1 Å². The summed E-state index contributed by atoms with van der Waals surface area (Å²) in [4.78, 5) is 15.2. The third-order valence-electron chi connectivity index (χ3n) is 6.15. The van der Waals surface area contributed by atoms with E-state index in [-0.39, 0.29) is 5.91 Å². The number of amides is 1. The Morgan fingerprint density at radius 3 is 2.71 bits per heavy atom. The van der Waals surface area contributed by atoms with Crippen molar-refractivity contribution < 1.29 is 9.53 Å². The molecule has 6 nitrogen and oxygen atoms in total. The van der Waals surface area contributed by atoms with Gasteiger partial charge in [-0.1, -0.05) is 37.6 Å². The number of morpholine rings is 1. The molecule has 0 saturated carbocycles. The highest BCUT2D eigenvalue weighted by molar-refractivity contribution is 6.30. The Bertz CT molecular complexity index is 888. The van der Waals surface area contributed by atoms with Crippen LogP contribution >= 0.6 is 11.6 Å². The predicted octanol–water partition coefficient (Wildman–Crippen LogP) is 3.35. The Kier molecular flexibility index (Phi) is 7.31. The van der Waals surface area contributed by atoms with Crippen LogP contribution in [0.3, 0.4) is 0 Å². The molecule has 7 heteroatoms. The van der Waals surface area contributed by atoms with Gasteiger partial charge in [-0.3, -0.25) is 9.48 Å². The molecule has 1 fully saturated rings. The van der Waals surface area contributed by atoms with Crippen LogP contribution in [0.25, 0.3) is 0 Å². The minimum atomic E-state index is 0.0591. The van der Waals surface area contributed by atoms with Crippen molar-refractivity contribution in [3.63, 3.8) is 0 Å². The van der Waals surface area contributed by atoms with Crippen LogP contribution < -0.4 is 5.32 Å². The van der Waals surface area contributed by atoms with E-state index >= 15 is 0 Å². The molecular formula is C24H33ClN4O2. The molecule has 0 spiro atoms. The summed E-state index contributed by atoms with van der Waals surface area (Å²) in [6.45, 7) is 8.66. The molecule has 1 aliphatic heterocycles. The molecule has 31 heavy (non-hydrogen) atoms. The number of carbonyl (C=O) groups excluding carboxylic acids is 1. The number of ether oxygens (including phenoxy) is 1. The summed E-state index contributed by atoms with van der Waals surface area (Å²) in [5, 5.41) is 9.30.